The van der Waals surface area contributed by atoms with Gasteiger partial charge in [-0.15, -0.1) is 0 Å². The van der Waals surface area contributed by atoms with Crippen molar-refractivity contribution < 1.29 is 14.3 Å². The van der Waals surface area contributed by atoms with E-state index in [1.54, 1.807) is 0 Å². The van der Waals surface area contributed by atoms with Gasteiger partial charge in [0.25, 0.3) is 0 Å². The highest BCUT2D eigenvalue weighted by Gasteiger charge is 2.38. The van der Waals surface area contributed by atoms with Crippen LogP contribution in [-0.4, -0.2) is 25.2 Å². The van der Waals surface area contributed by atoms with Gasteiger partial charge in [0.05, 0.1) is 6.61 Å². The van der Waals surface area contributed by atoms with Crippen LogP contribution in [0, 0.1) is 0 Å². The molecule has 0 aliphatic rings. The van der Waals surface area contributed by atoms with Crippen LogP contribution in [0.25, 0.3) is 0 Å². The molecule has 0 amide bonds. The van der Waals surface area contributed by atoms with Crippen molar-refractivity contribution in [2.75, 3.05) is 13.2 Å². The fourth-order valence-corrected chi connectivity index (χ4v) is 6.68. The number of rotatable bonds is 26. The summed E-state index contributed by atoms with van der Waals surface area (Å²) < 4.78 is 13.2. The summed E-state index contributed by atoms with van der Waals surface area (Å²) in [5.41, 5.74) is 3.38. The van der Waals surface area contributed by atoms with E-state index in [9.17, 15) is 4.79 Å². The third kappa shape index (κ3) is 14.3. The fourth-order valence-electron chi connectivity index (χ4n) is 6.68. The van der Waals surface area contributed by atoms with Gasteiger partial charge in [-0.25, -0.2) is 0 Å². The second-order valence-electron chi connectivity index (χ2n) is 13.7. The molecule has 1 atom stereocenters. The number of unbranched alkanes of at least 4 members (excludes halogenated alkanes) is 11. The Bertz CT molecular complexity index is 1380. The average molecular weight is 688 g/mol. The van der Waals surface area contributed by atoms with E-state index < -0.39 is 11.7 Å². The molecule has 272 valence electrons. The van der Waals surface area contributed by atoms with E-state index in [1.165, 1.54) is 63.4 Å². The summed E-state index contributed by atoms with van der Waals surface area (Å²) in [6, 6.07) is 41.3. The molecule has 4 aromatic rings. The SMILES string of the molecule is CCCCCCCC/C=C\CCCCCCCC(=O)OC(CNCc1ccccc1)COC(c1ccccc1)(c1ccccc1)c1ccccc1. The van der Waals surface area contributed by atoms with Crippen molar-refractivity contribution in [1.82, 2.24) is 5.32 Å². The van der Waals surface area contributed by atoms with E-state index in [1.807, 2.05) is 72.8 Å². The first-order valence-electron chi connectivity index (χ1n) is 19.6. The Labute approximate surface area is 308 Å². The van der Waals surface area contributed by atoms with E-state index in [0.717, 1.165) is 42.4 Å². The number of ether oxygens (including phenoxy) is 2. The molecule has 1 N–H and O–H groups in total. The van der Waals surface area contributed by atoms with E-state index >= 15 is 0 Å². The summed E-state index contributed by atoms with van der Waals surface area (Å²) in [5.74, 6) is -0.160. The largest absolute Gasteiger partial charge is 0.459 e. The molecule has 4 heteroatoms. The minimum atomic E-state index is -0.878. The van der Waals surface area contributed by atoms with Gasteiger partial charge in [0.1, 0.15) is 11.7 Å². The lowest BCUT2D eigenvalue weighted by Gasteiger charge is -2.37. The molecule has 0 spiro atoms. The maximum absolute atomic E-state index is 13.2. The van der Waals surface area contributed by atoms with Gasteiger partial charge in [0, 0.05) is 19.5 Å². The highest BCUT2D eigenvalue weighted by Crippen LogP contribution is 2.40. The quantitative estimate of drug-likeness (QED) is 0.0309. The summed E-state index contributed by atoms with van der Waals surface area (Å²) in [6.45, 7) is 3.68. The van der Waals surface area contributed by atoms with Gasteiger partial charge < -0.3 is 14.8 Å². The molecule has 0 heterocycles. The first-order valence-corrected chi connectivity index (χ1v) is 19.6. The number of hydrogen-bond acceptors (Lipinski definition) is 4. The Morgan fingerprint density at radius 3 is 1.57 bits per heavy atom. The van der Waals surface area contributed by atoms with Crippen LogP contribution in [0.15, 0.2) is 133 Å². The van der Waals surface area contributed by atoms with Crippen molar-refractivity contribution in [1.29, 1.82) is 0 Å². The van der Waals surface area contributed by atoms with E-state index in [4.69, 9.17) is 9.47 Å². The standard InChI is InChI=1S/C47H61NO3/c1-2-3-4-5-6-7-8-9-10-11-12-13-14-15-28-37-46(49)51-45(39-48-38-41-29-20-16-21-30-41)40-50-47(42-31-22-17-23-32-42,43-33-24-18-25-34-43)44-35-26-19-27-36-44/h9-10,16-27,29-36,45,48H,2-8,11-15,28,37-40H2,1H3/b10-9-. The van der Waals surface area contributed by atoms with Crippen molar-refractivity contribution in [2.24, 2.45) is 0 Å². The number of carbonyl (C=O) groups excluding carboxylic acids is 1. The predicted octanol–water partition coefficient (Wildman–Crippen LogP) is 11.7. The number of allylic oxidation sites excluding steroid dienone is 2. The van der Waals surface area contributed by atoms with Gasteiger partial charge in [-0.3, -0.25) is 4.79 Å². The van der Waals surface area contributed by atoms with Gasteiger partial charge in [-0.05, 0) is 54.4 Å². The van der Waals surface area contributed by atoms with E-state index in [0.29, 0.717) is 19.5 Å². The van der Waals surface area contributed by atoms with Gasteiger partial charge in [-0.2, -0.15) is 0 Å². The maximum Gasteiger partial charge on any atom is 0.306 e. The molecule has 0 saturated carbocycles. The molecule has 1 unspecified atom stereocenters. The second-order valence-corrected chi connectivity index (χ2v) is 13.7. The number of esters is 1. The molecule has 0 aliphatic carbocycles. The van der Waals surface area contributed by atoms with Gasteiger partial charge >= 0.3 is 5.97 Å². The van der Waals surface area contributed by atoms with Crippen LogP contribution in [0.4, 0.5) is 0 Å². The fraction of sp³-hybridized carbons (Fsp3) is 0.426. The van der Waals surface area contributed by atoms with Crippen LogP contribution >= 0.6 is 0 Å². The third-order valence-electron chi connectivity index (χ3n) is 9.51. The number of carbonyl (C=O) groups is 1. The Kier molecular flexibility index (Phi) is 18.9. The minimum absolute atomic E-state index is 0.160. The second kappa shape index (κ2) is 24.2. The zero-order valence-corrected chi connectivity index (χ0v) is 31.0. The normalized spacial score (nSPS) is 12.3. The molecule has 4 rings (SSSR count). The summed E-state index contributed by atoms with van der Waals surface area (Å²) >= 11 is 0. The Morgan fingerprint density at radius 1 is 0.608 bits per heavy atom. The number of hydrogen-bond donors (Lipinski definition) is 1. The maximum atomic E-state index is 13.2. The van der Waals surface area contributed by atoms with Crippen LogP contribution in [0.2, 0.25) is 0 Å². The first kappa shape index (κ1) is 39.8. The molecular formula is C47H61NO3. The topological polar surface area (TPSA) is 47.6 Å². The lowest BCUT2D eigenvalue weighted by atomic mass is 9.80. The predicted molar refractivity (Wildman–Crippen MR) is 213 cm³/mol. The Balaban J connectivity index is 1.31. The molecule has 0 radical (unpaired) electrons. The van der Waals surface area contributed by atoms with Crippen LogP contribution in [0.3, 0.4) is 0 Å². The first-order chi connectivity index (χ1) is 25.2. The minimum Gasteiger partial charge on any atom is -0.459 e. The number of nitrogens with one attached hydrogen (secondary N) is 1. The van der Waals surface area contributed by atoms with Crippen LogP contribution < -0.4 is 5.32 Å². The molecular weight excluding hydrogens is 627 g/mol. The highest BCUT2D eigenvalue weighted by molar-refractivity contribution is 5.69. The zero-order valence-electron chi connectivity index (χ0n) is 31.0. The van der Waals surface area contributed by atoms with Crippen molar-refractivity contribution in [3.63, 3.8) is 0 Å². The molecule has 0 aliphatic heterocycles. The monoisotopic (exact) mass is 687 g/mol. The van der Waals surface area contributed by atoms with E-state index in [-0.39, 0.29) is 12.6 Å². The van der Waals surface area contributed by atoms with E-state index in [2.05, 4.69) is 72.9 Å². The van der Waals surface area contributed by atoms with Gasteiger partial charge in [0.2, 0.25) is 0 Å². The number of benzene rings is 4. The van der Waals surface area contributed by atoms with Crippen molar-refractivity contribution in [2.45, 2.75) is 115 Å². The van der Waals surface area contributed by atoms with Crippen LogP contribution in [-0.2, 0) is 26.4 Å². The van der Waals surface area contributed by atoms with Crippen molar-refractivity contribution >= 4 is 5.97 Å². The van der Waals surface area contributed by atoms with Crippen molar-refractivity contribution in [3.8, 4) is 0 Å². The van der Waals surface area contributed by atoms with Crippen LogP contribution in [0.1, 0.15) is 119 Å². The molecule has 0 fully saturated rings. The lowest BCUT2D eigenvalue weighted by Crippen LogP contribution is -2.40. The summed E-state index contributed by atoms with van der Waals surface area (Å²) in [6.07, 6.45) is 20.7. The molecule has 4 aromatic carbocycles. The lowest BCUT2D eigenvalue weighted by molar-refractivity contribution is -0.154. The molecule has 0 bridgehead atoms. The van der Waals surface area contributed by atoms with Crippen molar-refractivity contribution in [3.05, 3.63) is 156 Å². The summed E-state index contributed by atoms with van der Waals surface area (Å²) in [4.78, 5) is 13.2. The Hall–Kier alpha value is -3.99. The van der Waals surface area contributed by atoms with Gasteiger partial charge in [0.15, 0.2) is 0 Å². The van der Waals surface area contributed by atoms with Gasteiger partial charge in [-0.1, -0.05) is 192 Å². The highest BCUT2D eigenvalue weighted by atomic mass is 16.6. The zero-order chi connectivity index (χ0) is 35.7. The summed E-state index contributed by atoms with van der Waals surface area (Å²) in [7, 11) is 0. The van der Waals surface area contributed by atoms with Crippen LogP contribution in [0.5, 0.6) is 0 Å². The molecule has 4 nitrogen and oxygen atoms in total. The third-order valence-corrected chi connectivity index (χ3v) is 9.51. The summed E-state index contributed by atoms with van der Waals surface area (Å²) in [5, 5.41) is 3.52. The Morgan fingerprint density at radius 2 is 1.06 bits per heavy atom. The smallest absolute Gasteiger partial charge is 0.306 e. The average Bonchev–Trinajstić information content (AvgIpc) is 3.18. The molecule has 0 aromatic heterocycles. The molecule has 51 heavy (non-hydrogen) atoms. The molecule has 0 saturated heterocycles.